The first-order chi connectivity index (χ1) is 10.6. The van der Waals surface area contributed by atoms with Crippen LogP contribution in [0.25, 0.3) is 0 Å². The Morgan fingerprint density at radius 2 is 1.17 bits per heavy atom. The van der Waals surface area contributed by atoms with Gasteiger partial charge in [0.15, 0.2) is 0 Å². The molecule has 0 spiro atoms. The molecule has 0 aliphatic rings. The van der Waals surface area contributed by atoms with Crippen LogP contribution in [0.1, 0.15) is 12.8 Å². The standard InChI is InChI=1S/C6H13F3O3Si.C6H16O3Si/c1-10-13(11-2,12-3)5-4-6(7,8)9;1-7-6(8-2,9-3)4-5-10/h4-5H2,1-3H3;4-5H2,1-3,10H3. The maximum Gasteiger partial charge on any atom is 0.500 e. The van der Waals surface area contributed by atoms with Gasteiger partial charge in [-0.2, -0.15) is 13.2 Å². The molecule has 0 aromatic rings. The average Bonchev–Trinajstić information content (AvgIpc) is 2.54. The van der Waals surface area contributed by atoms with Crippen LogP contribution in [0.4, 0.5) is 13.2 Å². The minimum absolute atomic E-state index is 0.250. The van der Waals surface area contributed by atoms with E-state index in [2.05, 4.69) is 0 Å². The Hall–Kier alpha value is -0.0162. The highest BCUT2D eigenvalue weighted by atomic mass is 28.4. The van der Waals surface area contributed by atoms with Gasteiger partial charge in [0.05, 0.1) is 0 Å². The summed E-state index contributed by atoms with van der Waals surface area (Å²) in [5.41, 5.74) is 0. The van der Waals surface area contributed by atoms with Gasteiger partial charge >= 0.3 is 15.0 Å². The maximum absolute atomic E-state index is 11.9. The Bertz CT molecular complexity index is 270. The first-order valence-electron chi connectivity index (χ1n) is 7.01. The van der Waals surface area contributed by atoms with Gasteiger partial charge in [0, 0.05) is 71.8 Å². The van der Waals surface area contributed by atoms with Crippen LogP contribution in [-0.2, 0) is 27.5 Å². The van der Waals surface area contributed by atoms with E-state index >= 15 is 0 Å². The normalized spacial score (nSPS) is 12.9. The first kappa shape index (κ1) is 25.2. The number of hydrogen-bond acceptors (Lipinski definition) is 6. The Kier molecular flexibility index (Phi) is 13.6. The third-order valence-electron chi connectivity index (χ3n) is 3.14. The van der Waals surface area contributed by atoms with Gasteiger partial charge in [-0.05, 0) is 0 Å². The lowest BCUT2D eigenvalue weighted by Crippen LogP contribution is -2.43. The van der Waals surface area contributed by atoms with E-state index < -0.39 is 27.4 Å². The highest BCUT2D eigenvalue weighted by Gasteiger charge is 2.42. The Balaban J connectivity index is 0. The molecule has 0 heterocycles. The van der Waals surface area contributed by atoms with E-state index in [1.807, 2.05) is 0 Å². The van der Waals surface area contributed by atoms with Gasteiger partial charge in [-0.3, -0.25) is 0 Å². The summed E-state index contributed by atoms with van der Waals surface area (Å²) in [6.07, 6.45) is -4.34. The molecule has 0 aliphatic carbocycles. The molecule has 0 aromatic heterocycles. The zero-order chi connectivity index (χ0) is 18.6. The molecule has 0 fully saturated rings. The Morgan fingerprint density at radius 1 is 0.783 bits per heavy atom. The molecule has 0 saturated heterocycles. The highest BCUT2D eigenvalue weighted by molar-refractivity contribution is 6.60. The average molecular weight is 383 g/mol. The van der Waals surface area contributed by atoms with Crippen molar-refractivity contribution in [2.24, 2.45) is 0 Å². The van der Waals surface area contributed by atoms with Crippen LogP contribution in [0, 0.1) is 0 Å². The van der Waals surface area contributed by atoms with Gasteiger partial charge in [-0.15, -0.1) is 0 Å². The zero-order valence-corrected chi connectivity index (χ0v) is 17.9. The molecule has 23 heavy (non-hydrogen) atoms. The van der Waals surface area contributed by atoms with E-state index in [1.54, 1.807) is 21.3 Å². The summed E-state index contributed by atoms with van der Waals surface area (Å²) < 4.78 is 65.2. The third kappa shape index (κ3) is 10.5. The zero-order valence-electron chi connectivity index (χ0n) is 14.9. The fourth-order valence-electron chi connectivity index (χ4n) is 1.71. The second kappa shape index (κ2) is 12.4. The lowest BCUT2D eigenvalue weighted by molar-refractivity contribution is -0.352. The number of hydrogen-bond donors (Lipinski definition) is 0. The minimum atomic E-state index is -4.20. The summed E-state index contributed by atoms with van der Waals surface area (Å²) in [6.45, 7) is 0. The molecule has 0 radical (unpaired) electrons. The molecule has 0 unspecified atom stereocenters. The predicted molar refractivity (Wildman–Crippen MR) is 85.4 cm³/mol. The monoisotopic (exact) mass is 382 g/mol. The van der Waals surface area contributed by atoms with E-state index in [0.717, 1.165) is 22.7 Å². The molecule has 0 amide bonds. The number of rotatable bonds is 10. The van der Waals surface area contributed by atoms with E-state index in [-0.39, 0.29) is 6.04 Å². The summed E-state index contributed by atoms with van der Waals surface area (Å²) in [7, 11) is 6.72. The number of methoxy groups -OCH3 is 3. The fraction of sp³-hybridized carbons (Fsp3) is 1.00. The molecule has 0 aliphatic heterocycles. The van der Waals surface area contributed by atoms with Gasteiger partial charge in [-0.25, -0.2) is 0 Å². The molecule has 142 valence electrons. The van der Waals surface area contributed by atoms with Crippen LogP contribution >= 0.6 is 0 Å². The molecule has 0 bridgehead atoms. The van der Waals surface area contributed by atoms with Crippen LogP contribution in [-0.4, -0.2) is 73.9 Å². The fourth-order valence-corrected chi connectivity index (χ4v) is 4.03. The number of ether oxygens (including phenoxy) is 3. The van der Waals surface area contributed by atoms with Gasteiger partial charge in [0.2, 0.25) is 0 Å². The van der Waals surface area contributed by atoms with Crippen molar-refractivity contribution in [2.45, 2.75) is 37.1 Å². The second-order valence-corrected chi connectivity index (χ2v) is 8.55. The van der Waals surface area contributed by atoms with Crippen LogP contribution in [0.15, 0.2) is 0 Å². The van der Waals surface area contributed by atoms with E-state index in [4.69, 9.17) is 27.5 Å². The highest BCUT2D eigenvalue weighted by Crippen LogP contribution is 2.26. The van der Waals surface area contributed by atoms with Crippen molar-refractivity contribution >= 4 is 19.0 Å². The number of halogens is 3. The molecule has 11 heteroatoms. The van der Waals surface area contributed by atoms with Crippen molar-refractivity contribution in [1.29, 1.82) is 0 Å². The summed E-state index contributed by atoms with van der Waals surface area (Å²) in [6, 6.07) is 0.857. The summed E-state index contributed by atoms with van der Waals surface area (Å²) in [5.74, 6) is -0.790. The number of alkyl halides is 3. The summed E-state index contributed by atoms with van der Waals surface area (Å²) >= 11 is 0. The molecule has 0 saturated carbocycles. The topological polar surface area (TPSA) is 55.4 Å². The molecular formula is C12H29F3O6Si2. The van der Waals surface area contributed by atoms with Crippen molar-refractivity contribution in [3.05, 3.63) is 0 Å². The van der Waals surface area contributed by atoms with Crippen molar-refractivity contribution < 1.29 is 40.7 Å². The van der Waals surface area contributed by atoms with Crippen LogP contribution in [0.5, 0.6) is 0 Å². The quantitative estimate of drug-likeness (QED) is 0.422. The van der Waals surface area contributed by atoms with Crippen LogP contribution in [0.2, 0.25) is 12.1 Å². The molecular weight excluding hydrogens is 353 g/mol. The van der Waals surface area contributed by atoms with E-state index in [1.165, 1.54) is 21.3 Å². The summed E-state index contributed by atoms with van der Waals surface area (Å²) in [5, 5.41) is 0. The van der Waals surface area contributed by atoms with Gasteiger partial charge in [-0.1, -0.05) is 6.04 Å². The largest absolute Gasteiger partial charge is 0.500 e. The van der Waals surface area contributed by atoms with Crippen LogP contribution < -0.4 is 0 Å². The lowest BCUT2D eigenvalue weighted by atomic mass is 10.4. The van der Waals surface area contributed by atoms with Crippen LogP contribution in [0.3, 0.4) is 0 Å². The predicted octanol–water partition coefficient (Wildman–Crippen LogP) is 1.57. The van der Waals surface area contributed by atoms with Gasteiger partial charge < -0.3 is 27.5 Å². The Morgan fingerprint density at radius 3 is 1.35 bits per heavy atom. The van der Waals surface area contributed by atoms with Crippen molar-refractivity contribution in [3.8, 4) is 0 Å². The van der Waals surface area contributed by atoms with Gasteiger partial charge in [0.1, 0.15) is 0 Å². The maximum atomic E-state index is 11.9. The van der Waals surface area contributed by atoms with Crippen molar-refractivity contribution in [3.63, 3.8) is 0 Å². The third-order valence-corrected chi connectivity index (χ3v) is 6.37. The first-order valence-corrected chi connectivity index (χ1v) is 10.4. The Labute approximate surface area is 140 Å². The SMILES string of the molecule is COC(CC[SiH3])(OC)OC.CO[Si](CCC(F)(F)F)(OC)OC. The van der Waals surface area contributed by atoms with Crippen molar-refractivity contribution in [2.75, 3.05) is 42.7 Å². The van der Waals surface area contributed by atoms with E-state index in [9.17, 15) is 13.2 Å². The molecule has 0 aromatic carbocycles. The molecule has 6 nitrogen and oxygen atoms in total. The smallest absolute Gasteiger partial charge is 0.377 e. The van der Waals surface area contributed by atoms with E-state index in [0.29, 0.717) is 0 Å². The molecule has 0 N–H and O–H groups in total. The summed E-state index contributed by atoms with van der Waals surface area (Å²) in [4.78, 5) is 0. The molecule has 0 rings (SSSR count). The second-order valence-electron chi connectivity index (χ2n) is 4.46. The molecule has 0 atom stereocenters. The lowest BCUT2D eigenvalue weighted by Gasteiger charge is -2.27. The van der Waals surface area contributed by atoms with Gasteiger partial charge in [0.25, 0.3) is 5.97 Å². The van der Waals surface area contributed by atoms with Crippen molar-refractivity contribution in [1.82, 2.24) is 0 Å². The minimum Gasteiger partial charge on any atom is -0.377 e.